The number of hydrogen-bond acceptors (Lipinski definition) is 2. The van der Waals surface area contributed by atoms with Crippen molar-refractivity contribution in [2.45, 2.75) is 46.0 Å². The molecule has 4 atom stereocenters. The molecule has 0 spiro atoms. The molecule has 2 nitrogen and oxygen atoms in total. The van der Waals surface area contributed by atoms with Gasteiger partial charge in [0.25, 0.3) is 0 Å². The van der Waals surface area contributed by atoms with Gasteiger partial charge in [0.1, 0.15) is 0 Å². The third-order valence-electron chi connectivity index (χ3n) is 2.79. The predicted molar refractivity (Wildman–Crippen MR) is 44.1 cm³/mol. The van der Waals surface area contributed by atoms with Gasteiger partial charge in [-0.05, 0) is 18.3 Å². The number of aliphatic hydroxyl groups excluding tert-OH is 1. The van der Waals surface area contributed by atoms with E-state index < -0.39 is 6.29 Å². The third kappa shape index (κ3) is 1.94. The molecule has 0 saturated carbocycles. The molecule has 66 valence electrons. The van der Waals surface area contributed by atoms with Crippen LogP contribution in [0, 0.1) is 11.8 Å². The minimum Gasteiger partial charge on any atom is -0.368 e. The summed E-state index contributed by atoms with van der Waals surface area (Å²) in [4.78, 5) is 0. The van der Waals surface area contributed by atoms with Gasteiger partial charge in [-0.2, -0.15) is 0 Å². The summed E-state index contributed by atoms with van der Waals surface area (Å²) in [5, 5.41) is 9.28. The lowest BCUT2D eigenvalue weighted by molar-refractivity contribution is -0.195. The molecule has 0 aromatic rings. The number of ether oxygens (including phenoxy) is 1. The molecule has 0 aliphatic carbocycles. The normalized spacial score (nSPS) is 45.8. The monoisotopic (exact) mass is 158 g/mol. The molecular weight excluding hydrogens is 140 g/mol. The molecule has 1 N–H and O–H groups in total. The van der Waals surface area contributed by atoms with E-state index in [2.05, 4.69) is 20.8 Å². The molecule has 1 saturated heterocycles. The summed E-state index contributed by atoms with van der Waals surface area (Å²) in [6.45, 7) is 6.48. The van der Waals surface area contributed by atoms with Gasteiger partial charge in [0.2, 0.25) is 0 Å². The molecule has 0 aromatic heterocycles. The van der Waals surface area contributed by atoms with Crippen LogP contribution in [0.1, 0.15) is 33.6 Å². The van der Waals surface area contributed by atoms with Gasteiger partial charge < -0.3 is 9.84 Å². The minimum absolute atomic E-state index is 0.258. The van der Waals surface area contributed by atoms with E-state index >= 15 is 0 Å². The van der Waals surface area contributed by atoms with Crippen LogP contribution in [0.5, 0.6) is 0 Å². The van der Waals surface area contributed by atoms with Crippen molar-refractivity contribution < 1.29 is 9.84 Å². The predicted octanol–water partition coefficient (Wildman–Crippen LogP) is 1.78. The lowest BCUT2D eigenvalue weighted by Crippen LogP contribution is -2.38. The van der Waals surface area contributed by atoms with Crippen LogP contribution in [0.2, 0.25) is 0 Å². The molecule has 0 amide bonds. The van der Waals surface area contributed by atoms with Crippen LogP contribution in [0.3, 0.4) is 0 Å². The van der Waals surface area contributed by atoms with Gasteiger partial charge in [-0.15, -0.1) is 0 Å². The fraction of sp³-hybridized carbons (Fsp3) is 1.00. The summed E-state index contributed by atoms with van der Waals surface area (Å²) in [5.74, 6) is 1.17. The van der Waals surface area contributed by atoms with Crippen LogP contribution >= 0.6 is 0 Å². The first kappa shape index (κ1) is 9.01. The van der Waals surface area contributed by atoms with E-state index in [9.17, 15) is 5.11 Å². The highest BCUT2D eigenvalue weighted by Crippen LogP contribution is 2.30. The number of aliphatic hydroxyl groups is 1. The second kappa shape index (κ2) is 3.55. The van der Waals surface area contributed by atoms with Gasteiger partial charge in [0.05, 0.1) is 6.10 Å². The number of rotatable bonds is 1. The van der Waals surface area contributed by atoms with Gasteiger partial charge in [0, 0.05) is 6.42 Å². The van der Waals surface area contributed by atoms with E-state index in [4.69, 9.17) is 4.74 Å². The van der Waals surface area contributed by atoms with Gasteiger partial charge in [-0.1, -0.05) is 20.8 Å². The van der Waals surface area contributed by atoms with Crippen LogP contribution in [-0.4, -0.2) is 17.5 Å². The van der Waals surface area contributed by atoms with Gasteiger partial charge in [-0.3, -0.25) is 0 Å². The van der Waals surface area contributed by atoms with Crippen molar-refractivity contribution in [3.8, 4) is 0 Å². The standard InChI is InChI=1S/C9H18O2/c1-4-8-7(3)6(2)5-9(10)11-8/h6-10H,4-5H2,1-3H3/t6-,7+,8?,9?/m1/s1. The Hall–Kier alpha value is -0.0800. The van der Waals surface area contributed by atoms with Crippen molar-refractivity contribution in [2.75, 3.05) is 0 Å². The maximum atomic E-state index is 9.28. The van der Waals surface area contributed by atoms with Crippen molar-refractivity contribution >= 4 is 0 Å². The van der Waals surface area contributed by atoms with E-state index in [1.165, 1.54) is 0 Å². The van der Waals surface area contributed by atoms with Crippen LogP contribution in [0.25, 0.3) is 0 Å². The molecule has 1 rings (SSSR count). The summed E-state index contributed by atoms with van der Waals surface area (Å²) in [6, 6.07) is 0. The van der Waals surface area contributed by atoms with Crippen LogP contribution in [0.15, 0.2) is 0 Å². The Bertz CT molecular complexity index is 125. The zero-order chi connectivity index (χ0) is 8.43. The second-order valence-electron chi connectivity index (χ2n) is 3.61. The van der Waals surface area contributed by atoms with Crippen molar-refractivity contribution in [3.63, 3.8) is 0 Å². The Kier molecular flexibility index (Phi) is 2.90. The van der Waals surface area contributed by atoms with Crippen molar-refractivity contribution in [1.82, 2.24) is 0 Å². The summed E-state index contributed by atoms with van der Waals surface area (Å²) < 4.78 is 5.37. The maximum absolute atomic E-state index is 9.28. The fourth-order valence-electron chi connectivity index (χ4n) is 1.75. The largest absolute Gasteiger partial charge is 0.368 e. The average molecular weight is 158 g/mol. The Balaban J connectivity index is 2.51. The minimum atomic E-state index is -0.522. The molecular formula is C9H18O2. The first-order valence-corrected chi connectivity index (χ1v) is 4.48. The maximum Gasteiger partial charge on any atom is 0.155 e. The van der Waals surface area contributed by atoms with Crippen molar-refractivity contribution in [3.05, 3.63) is 0 Å². The molecule has 1 fully saturated rings. The van der Waals surface area contributed by atoms with Crippen LogP contribution in [0.4, 0.5) is 0 Å². The first-order valence-electron chi connectivity index (χ1n) is 4.48. The summed E-state index contributed by atoms with van der Waals surface area (Å²) in [6.07, 6.45) is 1.53. The Labute approximate surface area is 68.6 Å². The second-order valence-corrected chi connectivity index (χ2v) is 3.61. The fourth-order valence-corrected chi connectivity index (χ4v) is 1.75. The van der Waals surface area contributed by atoms with E-state index in [1.807, 2.05) is 0 Å². The smallest absolute Gasteiger partial charge is 0.155 e. The Morgan fingerprint density at radius 1 is 1.45 bits per heavy atom. The molecule has 0 radical (unpaired) electrons. The lowest BCUT2D eigenvalue weighted by atomic mass is 9.84. The van der Waals surface area contributed by atoms with E-state index in [0.717, 1.165) is 12.8 Å². The van der Waals surface area contributed by atoms with Crippen LogP contribution < -0.4 is 0 Å². The van der Waals surface area contributed by atoms with Crippen molar-refractivity contribution in [1.29, 1.82) is 0 Å². The molecule has 1 heterocycles. The highest BCUT2D eigenvalue weighted by atomic mass is 16.6. The molecule has 1 aliphatic heterocycles. The highest BCUT2D eigenvalue weighted by molar-refractivity contribution is 4.76. The summed E-state index contributed by atoms with van der Waals surface area (Å²) in [7, 11) is 0. The van der Waals surface area contributed by atoms with E-state index in [-0.39, 0.29) is 6.10 Å². The molecule has 0 aromatic carbocycles. The Morgan fingerprint density at radius 3 is 2.64 bits per heavy atom. The molecule has 2 heteroatoms. The molecule has 0 bridgehead atoms. The number of hydrogen-bond donors (Lipinski definition) is 1. The average Bonchev–Trinajstić information content (AvgIpc) is 1.96. The SMILES string of the molecule is CCC1OC(O)C[C@@H](C)[C@@H]1C. The zero-order valence-electron chi connectivity index (χ0n) is 7.58. The van der Waals surface area contributed by atoms with Gasteiger partial charge in [-0.25, -0.2) is 0 Å². The van der Waals surface area contributed by atoms with E-state index in [1.54, 1.807) is 0 Å². The molecule has 2 unspecified atom stereocenters. The zero-order valence-corrected chi connectivity index (χ0v) is 7.58. The Morgan fingerprint density at radius 2 is 2.09 bits per heavy atom. The van der Waals surface area contributed by atoms with Crippen LogP contribution in [-0.2, 0) is 4.74 Å². The highest BCUT2D eigenvalue weighted by Gasteiger charge is 2.31. The summed E-state index contributed by atoms with van der Waals surface area (Å²) in [5.41, 5.74) is 0. The quantitative estimate of drug-likeness (QED) is 0.630. The van der Waals surface area contributed by atoms with Gasteiger partial charge in [0.15, 0.2) is 6.29 Å². The third-order valence-corrected chi connectivity index (χ3v) is 2.79. The van der Waals surface area contributed by atoms with Gasteiger partial charge >= 0.3 is 0 Å². The molecule has 1 aliphatic rings. The summed E-state index contributed by atoms with van der Waals surface area (Å²) >= 11 is 0. The first-order chi connectivity index (χ1) is 5.15. The van der Waals surface area contributed by atoms with Crippen molar-refractivity contribution in [2.24, 2.45) is 11.8 Å². The topological polar surface area (TPSA) is 29.5 Å². The molecule has 11 heavy (non-hydrogen) atoms. The van der Waals surface area contributed by atoms with E-state index in [0.29, 0.717) is 11.8 Å². The lowest BCUT2D eigenvalue weighted by Gasteiger charge is -2.36.